The first kappa shape index (κ1) is 18.0. The molecule has 2 aromatic carbocycles. The molecule has 3 rings (SSSR count). The summed E-state index contributed by atoms with van der Waals surface area (Å²) in [5, 5.41) is 0. The Hall–Kier alpha value is -1.81. The molecule has 2 aromatic rings. The molecule has 132 valence electrons. The fourth-order valence-corrected chi connectivity index (χ4v) is 3.69. The van der Waals surface area contributed by atoms with Crippen molar-refractivity contribution < 1.29 is 9.53 Å². The quantitative estimate of drug-likeness (QED) is 0.505. The van der Waals surface area contributed by atoms with E-state index in [0.29, 0.717) is 0 Å². The third kappa shape index (κ3) is 3.20. The van der Waals surface area contributed by atoms with Crippen LogP contribution in [0, 0.1) is 6.92 Å². The molecule has 1 heterocycles. The molecule has 1 aliphatic rings. The normalized spacial score (nSPS) is 15.4. The van der Waals surface area contributed by atoms with E-state index in [4.69, 9.17) is 4.74 Å². The number of aryl methyl sites for hydroxylation is 1. The summed E-state index contributed by atoms with van der Waals surface area (Å²) in [6.07, 6.45) is -0.350. The molecule has 0 saturated heterocycles. The molecule has 25 heavy (non-hydrogen) atoms. The lowest BCUT2D eigenvalue weighted by atomic mass is 9.73. The maximum atomic E-state index is 13.0. The zero-order valence-corrected chi connectivity index (χ0v) is 17.2. The van der Waals surface area contributed by atoms with E-state index in [1.807, 2.05) is 45.0 Å². The molecule has 4 heteroatoms. The molecule has 0 N–H and O–H groups in total. The van der Waals surface area contributed by atoms with Gasteiger partial charge in [-0.25, -0.2) is 9.69 Å². The topological polar surface area (TPSA) is 29.5 Å². The first-order chi connectivity index (χ1) is 11.5. The lowest BCUT2D eigenvalue weighted by molar-refractivity contribution is 0.0597. The van der Waals surface area contributed by atoms with Gasteiger partial charge < -0.3 is 4.74 Å². The van der Waals surface area contributed by atoms with Crippen LogP contribution in [0.5, 0.6) is 0 Å². The number of hydrogen-bond acceptors (Lipinski definition) is 2. The Morgan fingerprint density at radius 1 is 1.04 bits per heavy atom. The summed E-state index contributed by atoms with van der Waals surface area (Å²) < 4.78 is 6.69. The highest BCUT2D eigenvalue weighted by molar-refractivity contribution is 9.10. The van der Waals surface area contributed by atoms with E-state index >= 15 is 0 Å². The molecule has 1 aliphatic heterocycles. The molecule has 3 nitrogen and oxygen atoms in total. The SMILES string of the molecule is Cc1ccc2c(c1)C(C)(C)c1cc(Br)ccc1N2C(=O)OC(C)(C)C. The number of nitrogens with zero attached hydrogens (tertiary/aromatic N) is 1. The number of hydrogen-bond donors (Lipinski definition) is 0. The smallest absolute Gasteiger partial charge is 0.419 e. The van der Waals surface area contributed by atoms with Crippen LogP contribution < -0.4 is 4.90 Å². The molecule has 0 aromatic heterocycles. The van der Waals surface area contributed by atoms with E-state index in [9.17, 15) is 4.79 Å². The zero-order valence-electron chi connectivity index (χ0n) is 15.6. The van der Waals surface area contributed by atoms with Crippen molar-refractivity contribution >= 4 is 33.4 Å². The fraction of sp³-hybridized carbons (Fsp3) is 0.381. The molecule has 0 fully saturated rings. The van der Waals surface area contributed by atoms with Gasteiger partial charge in [0.1, 0.15) is 5.60 Å². The standard InChI is InChI=1S/C21H24BrNO2/c1-13-7-9-17-15(11-13)21(5,6)16-12-14(22)8-10-18(16)23(17)19(24)25-20(2,3)4/h7-12H,1-6H3. The number of amides is 1. The Labute approximate surface area is 158 Å². The minimum Gasteiger partial charge on any atom is -0.443 e. The second-order valence-corrected chi connectivity index (χ2v) is 9.04. The minimum absolute atomic E-state index is 0.209. The van der Waals surface area contributed by atoms with Crippen LogP contribution in [-0.4, -0.2) is 11.7 Å². The van der Waals surface area contributed by atoms with Gasteiger partial charge in [-0.05, 0) is 63.1 Å². The van der Waals surface area contributed by atoms with Gasteiger partial charge in [0.25, 0.3) is 0 Å². The zero-order chi connectivity index (χ0) is 18.6. The van der Waals surface area contributed by atoms with Crippen LogP contribution in [0.15, 0.2) is 40.9 Å². The fourth-order valence-electron chi connectivity index (χ4n) is 3.33. The van der Waals surface area contributed by atoms with E-state index in [1.165, 1.54) is 5.56 Å². The Kier molecular flexibility index (Phi) is 4.23. The number of halogens is 1. The van der Waals surface area contributed by atoms with Gasteiger partial charge in [0.05, 0.1) is 11.4 Å². The predicted molar refractivity (Wildman–Crippen MR) is 106 cm³/mol. The van der Waals surface area contributed by atoms with Gasteiger partial charge in [-0.2, -0.15) is 0 Å². The van der Waals surface area contributed by atoms with E-state index < -0.39 is 5.60 Å². The summed E-state index contributed by atoms with van der Waals surface area (Å²) in [5.74, 6) is 0. The van der Waals surface area contributed by atoms with E-state index in [-0.39, 0.29) is 11.5 Å². The van der Waals surface area contributed by atoms with E-state index in [1.54, 1.807) is 4.90 Å². The van der Waals surface area contributed by atoms with Crippen LogP contribution in [0.2, 0.25) is 0 Å². The molecule has 0 unspecified atom stereocenters. The van der Waals surface area contributed by atoms with Crippen LogP contribution in [-0.2, 0) is 10.2 Å². The highest BCUT2D eigenvalue weighted by Crippen LogP contribution is 2.50. The van der Waals surface area contributed by atoms with Crippen molar-refractivity contribution in [3.63, 3.8) is 0 Å². The molecule has 0 bridgehead atoms. The number of carbonyl (C=O) groups excluding carboxylic acids is 1. The van der Waals surface area contributed by atoms with Crippen molar-refractivity contribution in [3.05, 3.63) is 57.6 Å². The Balaban J connectivity index is 2.25. The number of ether oxygens (including phenoxy) is 1. The maximum absolute atomic E-state index is 13.0. The van der Waals surface area contributed by atoms with E-state index in [0.717, 1.165) is 27.0 Å². The van der Waals surface area contributed by atoms with Crippen LogP contribution >= 0.6 is 15.9 Å². The molecule has 0 saturated carbocycles. The summed E-state index contributed by atoms with van der Waals surface area (Å²) in [6, 6.07) is 12.3. The van der Waals surface area contributed by atoms with Gasteiger partial charge in [-0.15, -0.1) is 0 Å². The van der Waals surface area contributed by atoms with Gasteiger partial charge in [-0.3, -0.25) is 0 Å². The summed E-state index contributed by atoms with van der Waals surface area (Å²) in [7, 11) is 0. The summed E-state index contributed by atoms with van der Waals surface area (Å²) in [5.41, 5.74) is 4.41. The first-order valence-electron chi connectivity index (χ1n) is 8.45. The average molecular weight is 402 g/mol. The highest BCUT2D eigenvalue weighted by Gasteiger charge is 2.40. The lowest BCUT2D eigenvalue weighted by Crippen LogP contribution is -2.39. The molecule has 0 aliphatic carbocycles. The largest absolute Gasteiger partial charge is 0.443 e. The van der Waals surface area contributed by atoms with Gasteiger partial charge in [0, 0.05) is 9.89 Å². The number of carbonyl (C=O) groups is 1. The summed E-state index contributed by atoms with van der Waals surface area (Å²) in [4.78, 5) is 14.7. The van der Waals surface area contributed by atoms with Crippen molar-refractivity contribution in [3.8, 4) is 0 Å². The van der Waals surface area contributed by atoms with Crippen molar-refractivity contribution in [2.75, 3.05) is 4.90 Å². The molecule has 0 spiro atoms. The van der Waals surface area contributed by atoms with Crippen LogP contribution in [0.25, 0.3) is 0 Å². The molecular weight excluding hydrogens is 378 g/mol. The maximum Gasteiger partial charge on any atom is 0.419 e. The van der Waals surface area contributed by atoms with Crippen molar-refractivity contribution in [2.24, 2.45) is 0 Å². The summed E-state index contributed by atoms with van der Waals surface area (Å²) in [6.45, 7) is 12.1. The second kappa shape index (κ2) is 5.87. The van der Waals surface area contributed by atoms with Crippen molar-refractivity contribution in [2.45, 2.75) is 52.6 Å². The van der Waals surface area contributed by atoms with E-state index in [2.05, 4.69) is 48.8 Å². The van der Waals surface area contributed by atoms with Crippen LogP contribution in [0.1, 0.15) is 51.3 Å². The molecular formula is C21H24BrNO2. The Morgan fingerprint density at radius 2 is 1.60 bits per heavy atom. The molecule has 0 atom stereocenters. The van der Waals surface area contributed by atoms with Crippen LogP contribution in [0.3, 0.4) is 0 Å². The van der Waals surface area contributed by atoms with Crippen LogP contribution in [0.4, 0.5) is 16.2 Å². The Bertz CT molecular complexity index is 794. The number of fused-ring (bicyclic) bond motifs is 2. The number of anilines is 2. The van der Waals surface area contributed by atoms with Crippen molar-refractivity contribution in [1.29, 1.82) is 0 Å². The summed E-state index contributed by atoms with van der Waals surface area (Å²) >= 11 is 3.57. The van der Waals surface area contributed by atoms with Crippen molar-refractivity contribution in [1.82, 2.24) is 0 Å². The highest BCUT2D eigenvalue weighted by atomic mass is 79.9. The van der Waals surface area contributed by atoms with Gasteiger partial charge in [0.2, 0.25) is 0 Å². The number of rotatable bonds is 0. The number of benzene rings is 2. The average Bonchev–Trinajstić information content (AvgIpc) is 2.47. The van der Waals surface area contributed by atoms with Gasteiger partial charge in [0.15, 0.2) is 0 Å². The Morgan fingerprint density at radius 3 is 2.20 bits per heavy atom. The lowest BCUT2D eigenvalue weighted by Gasteiger charge is -2.41. The molecule has 1 amide bonds. The second-order valence-electron chi connectivity index (χ2n) is 8.12. The third-order valence-corrected chi connectivity index (χ3v) is 5.01. The minimum atomic E-state index is -0.551. The molecule has 0 radical (unpaired) electrons. The third-order valence-electron chi connectivity index (χ3n) is 4.52. The first-order valence-corrected chi connectivity index (χ1v) is 9.24. The monoisotopic (exact) mass is 401 g/mol. The predicted octanol–water partition coefficient (Wildman–Crippen LogP) is 6.47. The van der Waals surface area contributed by atoms with Gasteiger partial charge >= 0.3 is 6.09 Å². The van der Waals surface area contributed by atoms with Gasteiger partial charge in [-0.1, -0.05) is 47.5 Å².